The molecule has 0 radical (unpaired) electrons. The first-order valence-corrected chi connectivity index (χ1v) is 7.53. The van der Waals surface area contributed by atoms with Crippen molar-refractivity contribution in [1.82, 2.24) is 10.3 Å². The second kappa shape index (κ2) is 5.82. The summed E-state index contributed by atoms with van der Waals surface area (Å²) in [5, 5.41) is 7.36. The lowest BCUT2D eigenvalue weighted by Crippen LogP contribution is -2.45. The molecular weight excluding hydrogens is 262 g/mol. The predicted octanol–water partition coefficient (Wildman–Crippen LogP) is 2.87. The molecule has 110 valence electrons. The van der Waals surface area contributed by atoms with Crippen LogP contribution in [-0.2, 0) is 4.79 Å². The molecular formula is C17H21N3O. The molecule has 0 bridgehead atoms. The van der Waals surface area contributed by atoms with Gasteiger partial charge in [-0.1, -0.05) is 13.0 Å². The topological polar surface area (TPSA) is 54.0 Å². The number of carbonyl (C=O) groups excluding carboxylic acids is 1. The zero-order chi connectivity index (χ0) is 14.8. The molecule has 0 saturated carbocycles. The number of piperidine rings is 1. The van der Waals surface area contributed by atoms with Crippen LogP contribution >= 0.6 is 0 Å². The quantitative estimate of drug-likeness (QED) is 0.891. The number of benzene rings is 1. The second-order valence-corrected chi connectivity index (χ2v) is 5.96. The first-order valence-electron chi connectivity index (χ1n) is 7.53. The molecule has 1 aliphatic rings. The minimum Gasteiger partial charge on any atom is -0.324 e. The first kappa shape index (κ1) is 14.0. The standard InChI is InChI=1S/C17H21N3O/c1-11-7-9-18-15(10-11)17(21)20-14-6-5-12(2)16-13(14)4-3-8-19-16/h3-6,8,11,15,18H,7,9-10H2,1-2H3,(H,20,21). The Morgan fingerprint density at radius 1 is 1.38 bits per heavy atom. The number of amides is 1. The normalized spacial score (nSPS) is 22.2. The van der Waals surface area contributed by atoms with Gasteiger partial charge in [-0.15, -0.1) is 0 Å². The highest BCUT2D eigenvalue weighted by molar-refractivity contribution is 6.03. The maximum absolute atomic E-state index is 12.4. The van der Waals surface area contributed by atoms with Crippen molar-refractivity contribution in [2.75, 3.05) is 11.9 Å². The van der Waals surface area contributed by atoms with Gasteiger partial charge in [0, 0.05) is 11.6 Å². The van der Waals surface area contributed by atoms with E-state index in [1.807, 2.05) is 31.2 Å². The summed E-state index contributed by atoms with van der Waals surface area (Å²) in [6.07, 6.45) is 3.82. The zero-order valence-electron chi connectivity index (χ0n) is 12.5. The summed E-state index contributed by atoms with van der Waals surface area (Å²) in [7, 11) is 0. The Bertz CT molecular complexity index is 668. The summed E-state index contributed by atoms with van der Waals surface area (Å²) >= 11 is 0. The summed E-state index contributed by atoms with van der Waals surface area (Å²) in [5.74, 6) is 0.647. The molecule has 1 saturated heterocycles. The number of aromatic nitrogens is 1. The fourth-order valence-electron chi connectivity index (χ4n) is 2.95. The van der Waals surface area contributed by atoms with E-state index in [0.717, 1.165) is 41.5 Å². The van der Waals surface area contributed by atoms with Crippen molar-refractivity contribution in [3.63, 3.8) is 0 Å². The molecule has 1 amide bonds. The van der Waals surface area contributed by atoms with E-state index in [1.54, 1.807) is 6.20 Å². The van der Waals surface area contributed by atoms with Crippen LogP contribution in [0.25, 0.3) is 10.9 Å². The highest BCUT2D eigenvalue weighted by atomic mass is 16.2. The Morgan fingerprint density at radius 2 is 2.24 bits per heavy atom. The van der Waals surface area contributed by atoms with Crippen molar-refractivity contribution in [3.05, 3.63) is 36.0 Å². The first-order chi connectivity index (χ1) is 10.1. The highest BCUT2D eigenvalue weighted by Gasteiger charge is 2.24. The Hall–Kier alpha value is -1.94. The van der Waals surface area contributed by atoms with E-state index in [4.69, 9.17) is 0 Å². The van der Waals surface area contributed by atoms with Gasteiger partial charge in [-0.3, -0.25) is 9.78 Å². The molecule has 4 heteroatoms. The van der Waals surface area contributed by atoms with Crippen LogP contribution in [0.4, 0.5) is 5.69 Å². The van der Waals surface area contributed by atoms with Gasteiger partial charge in [0.2, 0.25) is 5.91 Å². The van der Waals surface area contributed by atoms with Crippen LogP contribution in [0, 0.1) is 12.8 Å². The van der Waals surface area contributed by atoms with Gasteiger partial charge in [0.1, 0.15) is 0 Å². The monoisotopic (exact) mass is 283 g/mol. The smallest absolute Gasteiger partial charge is 0.241 e. The number of nitrogens with zero attached hydrogens (tertiary/aromatic N) is 1. The van der Waals surface area contributed by atoms with Crippen molar-refractivity contribution >= 4 is 22.5 Å². The van der Waals surface area contributed by atoms with Gasteiger partial charge in [0.25, 0.3) is 0 Å². The molecule has 0 spiro atoms. The van der Waals surface area contributed by atoms with E-state index in [0.29, 0.717) is 5.92 Å². The maximum Gasteiger partial charge on any atom is 0.241 e. The number of aryl methyl sites for hydroxylation is 1. The van der Waals surface area contributed by atoms with Crippen molar-refractivity contribution in [2.45, 2.75) is 32.7 Å². The van der Waals surface area contributed by atoms with E-state index < -0.39 is 0 Å². The summed E-state index contributed by atoms with van der Waals surface area (Å²) in [6, 6.07) is 7.77. The van der Waals surface area contributed by atoms with E-state index in [-0.39, 0.29) is 11.9 Å². The van der Waals surface area contributed by atoms with Crippen LogP contribution < -0.4 is 10.6 Å². The molecule has 1 aromatic carbocycles. The zero-order valence-corrected chi connectivity index (χ0v) is 12.5. The molecule has 1 fully saturated rings. The third-order valence-electron chi connectivity index (χ3n) is 4.21. The molecule has 1 aliphatic heterocycles. The summed E-state index contributed by atoms with van der Waals surface area (Å²) in [6.45, 7) is 5.15. The maximum atomic E-state index is 12.4. The minimum absolute atomic E-state index is 0.0514. The average Bonchev–Trinajstić information content (AvgIpc) is 2.50. The van der Waals surface area contributed by atoms with E-state index in [9.17, 15) is 4.79 Å². The molecule has 3 rings (SSSR count). The summed E-state index contributed by atoms with van der Waals surface area (Å²) in [4.78, 5) is 16.9. The van der Waals surface area contributed by atoms with Crippen LogP contribution in [0.1, 0.15) is 25.3 Å². The Morgan fingerprint density at radius 3 is 3.05 bits per heavy atom. The molecule has 2 atom stereocenters. The van der Waals surface area contributed by atoms with E-state index in [2.05, 4.69) is 22.5 Å². The van der Waals surface area contributed by atoms with Gasteiger partial charge in [0.15, 0.2) is 0 Å². The highest BCUT2D eigenvalue weighted by Crippen LogP contribution is 2.25. The van der Waals surface area contributed by atoms with Crippen LogP contribution in [0.5, 0.6) is 0 Å². The average molecular weight is 283 g/mol. The van der Waals surface area contributed by atoms with E-state index >= 15 is 0 Å². The lowest BCUT2D eigenvalue weighted by atomic mass is 9.94. The molecule has 2 heterocycles. The van der Waals surface area contributed by atoms with Crippen molar-refractivity contribution < 1.29 is 4.79 Å². The Labute approximate surface area is 125 Å². The second-order valence-electron chi connectivity index (χ2n) is 5.96. The molecule has 4 nitrogen and oxygen atoms in total. The predicted molar refractivity (Wildman–Crippen MR) is 85.3 cm³/mol. The molecule has 0 aliphatic carbocycles. The fourth-order valence-corrected chi connectivity index (χ4v) is 2.95. The molecule has 2 aromatic rings. The van der Waals surface area contributed by atoms with Crippen LogP contribution in [0.2, 0.25) is 0 Å². The third kappa shape index (κ3) is 2.90. The summed E-state index contributed by atoms with van der Waals surface area (Å²) in [5.41, 5.74) is 2.90. The van der Waals surface area contributed by atoms with Gasteiger partial charge in [-0.05, 0) is 56.0 Å². The SMILES string of the molecule is Cc1ccc(NC(=O)C2CC(C)CCN2)c2cccnc12. The van der Waals surface area contributed by atoms with Crippen LogP contribution in [0.15, 0.2) is 30.5 Å². The van der Waals surface area contributed by atoms with Gasteiger partial charge < -0.3 is 10.6 Å². The number of rotatable bonds is 2. The third-order valence-corrected chi connectivity index (χ3v) is 4.21. The number of pyridine rings is 1. The summed E-state index contributed by atoms with van der Waals surface area (Å²) < 4.78 is 0. The van der Waals surface area contributed by atoms with Crippen molar-refractivity contribution in [1.29, 1.82) is 0 Å². The van der Waals surface area contributed by atoms with Gasteiger partial charge >= 0.3 is 0 Å². The lowest BCUT2D eigenvalue weighted by Gasteiger charge is -2.27. The fraction of sp³-hybridized carbons (Fsp3) is 0.412. The van der Waals surface area contributed by atoms with Crippen LogP contribution in [-0.4, -0.2) is 23.5 Å². The number of anilines is 1. The number of nitrogens with one attached hydrogen (secondary N) is 2. The van der Waals surface area contributed by atoms with E-state index in [1.165, 1.54) is 0 Å². The molecule has 2 N–H and O–H groups in total. The van der Waals surface area contributed by atoms with Gasteiger partial charge in [-0.25, -0.2) is 0 Å². The minimum atomic E-state index is -0.0956. The Balaban J connectivity index is 1.85. The van der Waals surface area contributed by atoms with Crippen LogP contribution in [0.3, 0.4) is 0 Å². The lowest BCUT2D eigenvalue weighted by molar-refractivity contribution is -0.119. The van der Waals surface area contributed by atoms with Crippen molar-refractivity contribution in [2.24, 2.45) is 5.92 Å². The molecule has 2 unspecified atom stereocenters. The molecule has 21 heavy (non-hydrogen) atoms. The number of carbonyl (C=O) groups is 1. The number of hydrogen-bond acceptors (Lipinski definition) is 3. The van der Waals surface area contributed by atoms with Crippen molar-refractivity contribution in [3.8, 4) is 0 Å². The van der Waals surface area contributed by atoms with Gasteiger partial charge in [0.05, 0.1) is 17.2 Å². The number of hydrogen-bond donors (Lipinski definition) is 2. The Kier molecular flexibility index (Phi) is 3.88. The molecule has 1 aromatic heterocycles. The van der Waals surface area contributed by atoms with Gasteiger partial charge in [-0.2, -0.15) is 0 Å². The largest absolute Gasteiger partial charge is 0.324 e. The number of fused-ring (bicyclic) bond motifs is 1.